The highest BCUT2D eigenvalue weighted by molar-refractivity contribution is 14.1. The van der Waals surface area contributed by atoms with E-state index in [2.05, 4.69) is 37.4 Å². The van der Waals surface area contributed by atoms with E-state index < -0.39 is 0 Å². The van der Waals surface area contributed by atoms with Crippen LogP contribution in [0, 0.1) is 23.7 Å². The predicted octanol–water partition coefficient (Wildman–Crippen LogP) is 2.06. The van der Waals surface area contributed by atoms with Crippen molar-refractivity contribution in [3.63, 3.8) is 0 Å². The largest absolute Gasteiger partial charge is 0.118 e. The Bertz CT molecular complexity index is 156. The van der Waals surface area contributed by atoms with Gasteiger partial charge in [0.15, 0.2) is 0 Å². The molecular weight excluding hydrogens is 246 g/mol. The molecule has 0 aromatic heterocycles. The Balaban J connectivity index is 2.02. The Kier molecular flexibility index (Phi) is 2.24. The molecule has 2 saturated carbocycles. The van der Waals surface area contributed by atoms with Gasteiger partial charge in [-0.15, -0.1) is 0 Å². The van der Waals surface area contributed by atoms with Crippen LogP contribution in [0.5, 0.6) is 0 Å². The van der Waals surface area contributed by atoms with Crippen LogP contribution in [0.15, 0.2) is 0 Å². The summed E-state index contributed by atoms with van der Waals surface area (Å²) in [6.45, 7) is 2.44. The molecular formula is C9H16BI. The molecule has 0 nitrogen and oxygen atoms in total. The Labute approximate surface area is 84.1 Å². The van der Waals surface area contributed by atoms with Crippen molar-refractivity contribution in [3.8, 4) is 0 Å². The molecule has 2 aliphatic rings. The van der Waals surface area contributed by atoms with Crippen molar-refractivity contribution >= 4 is 30.4 Å². The molecule has 0 amide bonds. The smallest absolute Gasteiger partial charge is 0.0921 e. The minimum atomic E-state index is 0.912. The second kappa shape index (κ2) is 2.93. The third-order valence-corrected chi connectivity index (χ3v) is 4.78. The van der Waals surface area contributed by atoms with Gasteiger partial charge in [0.1, 0.15) is 7.85 Å². The van der Waals surface area contributed by atoms with Gasteiger partial charge in [0.05, 0.1) is 0 Å². The predicted molar refractivity (Wildman–Crippen MR) is 59.8 cm³/mol. The lowest BCUT2D eigenvalue weighted by atomic mass is 9.76. The average Bonchev–Trinajstić information content (AvgIpc) is 2.43. The van der Waals surface area contributed by atoms with Crippen molar-refractivity contribution in [1.82, 2.24) is 0 Å². The number of halogens is 1. The molecule has 0 saturated heterocycles. The molecule has 0 aromatic rings. The second-order valence-electron chi connectivity index (χ2n) is 4.55. The maximum Gasteiger partial charge on any atom is 0.118 e. The van der Waals surface area contributed by atoms with E-state index in [9.17, 15) is 0 Å². The van der Waals surface area contributed by atoms with Gasteiger partial charge in [0.25, 0.3) is 0 Å². The molecule has 0 spiro atoms. The Hall–Kier alpha value is 0.795. The topological polar surface area (TPSA) is 0 Å². The van der Waals surface area contributed by atoms with Crippen molar-refractivity contribution in [2.45, 2.75) is 30.0 Å². The molecule has 5 unspecified atom stereocenters. The molecule has 0 aliphatic heterocycles. The van der Waals surface area contributed by atoms with Crippen molar-refractivity contribution < 1.29 is 0 Å². The maximum absolute atomic E-state index is 2.61. The monoisotopic (exact) mass is 262 g/mol. The van der Waals surface area contributed by atoms with Crippen LogP contribution >= 0.6 is 22.6 Å². The molecule has 0 N–H and O–H groups in total. The number of alkyl halides is 1. The van der Waals surface area contributed by atoms with E-state index in [-0.39, 0.29) is 0 Å². The van der Waals surface area contributed by atoms with E-state index in [0.29, 0.717) is 0 Å². The molecule has 0 aromatic carbocycles. The molecule has 0 heterocycles. The lowest BCUT2D eigenvalue weighted by Gasteiger charge is -2.27. The average molecular weight is 262 g/mol. The zero-order chi connectivity index (χ0) is 8.01. The third-order valence-electron chi connectivity index (χ3n) is 3.86. The fourth-order valence-corrected chi connectivity index (χ4v) is 4.05. The van der Waals surface area contributed by atoms with E-state index in [1.165, 1.54) is 12.8 Å². The summed E-state index contributed by atoms with van der Waals surface area (Å²) in [6.07, 6.45) is 4.62. The van der Waals surface area contributed by atoms with Gasteiger partial charge in [0, 0.05) is 0 Å². The van der Waals surface area contributed by atoms with Gasteiger partial charge in [-0.2, -0.15) is 0 Å². The molecule has 11 heavy (non-hydrogen) atoms. The van der Waals surface area contributed by atoms with Gasteiger partial charge in [-0.1, -0.05) is 29.5 Å². The Morgan fingerprint density at radius 2 is 2.00 bits per heavy atom. The van der Waals surface area contributed by atoms with Crippen LogP contribution in [0.1, 0.15) is 26.2 Å². The lowest BCUT2D eigenvalue weighted by Crippen LogP contribution is -2.23. The number of hydrogen-bond donors (Lipinski definition) is 0. The molecule has 5 atom stereocenters. The fraction of sp³-hybridized carbons (Fsp3) is 1.00. The van der Waals surface area contributed by atoms with Gasteiger partial charge < -0.3 is 0 Å². The molecule has 2 fully saturated rings. The zero-order valence-electron chi connectivity index (χ0n) is 7.39. The second-order valence-corrected chi connectivity index (χ2v) is 6.51. The van der Waals surface area contributed by atoms with Crippen LogP contribution in [-0.4, -0.2) is 11.7 Å². The Morgan fingerprint density at radius 3 is 2.36 bits per heavy atom. The summed E-state index contributed by atoms with van der Waals surface area (Å²) in [5, 5.41) is 0. The van der Waals surface area contributed by atoms with Crippen LogP contribution in [0.25, 0.3) is 0 Å². The first-order chi connectivity index (χ1) is 5.18. The zero-order valence-corrected chi connectivity index (χ0v) is 9.54. The van der Waals surface area contributed by atoms with Crippen molar-refractivity contribution in [3.05, 3.63) is 0 Å². The van der Waals surface area contributed by atoms with Gasteiger partial charge in [0.2, 0.25) is 0 Å². The van der Waals surface area contributed by atoms with Gasteiger partial charge in [-0.25, -0.2) is 0 Å². The highest BCUT2D eigenvalue weighted by Crippen LogP contribution is 2.53. The van der Waals surface area contributed by atoms with E-state index in [1.54, 1.807) is 6.42 Å². The SMILES string of the molecule is BC(I)C1CC2CC1CC2C. The maximum atomic E-state index is 2.61. The fourth-order valence-electron chi connectivity index (χ4n) is 3.17. The summed E-state index contributed by atoms with van der Waals surface area (Å²) in [6, 6.07) is 0. The van der Waals surface area contributed by atoms with E-state index in [4.69, 9.17) is 0 Å². The highest BCUT2D eigenvalue weighted by atomic mass is 127. The minimum absolute atomic E-state index is 0.912. The first-order valence-corrected chi connectivity index (χ1v) is 6.07. The molecule has 2 heteroatoms. The van der Waals surface area contributed by atoms with Gasteiger partial charge in [-0.05, 0) is 46.8 Å². The summed E-state index contributed by atoms with van der Waals surface area (Å²) in [5.74, 6) is 4.31. The van der Waals surface area contributed by atoms with E-state index >= 15 is 0 Å². The van der Waals surface area contributed by atoms with E-state index in [0.717, 1.165) is 27.5 Å². The molecule has 0 radical (unpaired) electrons. The first-order valence-electron chi connectivity index (χ1n) is 4.82. The number of hydrogen-bond acceptors (Lipinski definition) is 0. The summed E-state index contributed by atoms with van der Waals surface area (Å²) in [4.78, 5) is 0. The molecule has 2 bridgehead atoms. The summed E-state index contributed by atoms with van der Waals surface area (Å²) < 4.78 is 0.912. The van der Waals surface area contributed by atoms with Gasteiger partial charge >= 0.3 is 0 Å². The quantitative estimate of drug-likeness (QED) is 0.385. The van der Waals surface area contributed by atoms with Crippen molar-refractivity contribution in [1.29, 1.82) is 0 Å². The Morgan fingerprint density at radius 1 is 1.27 bits per heavy atom. The van der Waals surface area contributed by atoms with Crippen LogP contribution < -0.4 is 0 Å². The molecule has 62 valence electrons. The van der Waals surface area contributed by atoms with Crippen LogP contribution in [0.2, 0.25) is 0 Å². The standard InChI is InChI=1S/C9H16BI/c1-5-2-7-3-6(5)4-8(7)9(10)11/h5-9H,2-4,10H2,1H3. The number of rotatable bonds is 1. The highest BCUT2D eigenvalue weighted by Gasteiger charge is 2.44. The number of fused-ring (bicyclic) bond motifs is 2. The van der Waals surface area contributed by atoms with Crippen molar-refractivity contribution in [2.75, 3.05) is 0 Å². The van der Waals surface area contributed by atoms with E-state index in [1.807, 2.05) is 0 Å². The third kappa shape index (κ3) is 1.36. The normalized spacial score (nSPS) is 51.5. The first kappa shape index (κ1) is 8.40. The van der Waals surface area contributed by atoms with Crippen LogP contribution in [0.4, 0.5) is 0 Å². The van der Waals surface area contributed by atoms with Crippen LogP contribution in [0.3, 0.4) is 0 Å². The van der Waals surface area contributed by atoms with Crippen molar-refractivity contribution in [2.24, 2.45) is 23.7 Å². The minimum Gasteiger partial charge on any atom is -0.0921 e. The lowest BCUT2D eigenvalue weighted by molar-refractivity contribution is 0.287. The van der Waals surface area contributed by atoms with Gasteiger partial charge in [-0.3, -0.25) is 0 Å². The summed E-state index contributed by atoms with van der Waals surface area (Å²) >= 11 is 2.61. The molecule has 2 rings (SSSR count). The summed E-state index contributed by atoms with van der Waals surface area (Å²) in [5.41, 5.74) is 0. The van der Waals surface area contributed by atoms with Crippen LogP contribution in [-0.2, 0) is 0 Å². The molecule has 2 aliphatic carbocycles. The summed E-state index contributed by atoms with van der Waals surface area (Å²) in [7, 11) is 2.39.